The number of unbranched alkanes of at least 4 members (excludes halogenated alkanes) is 3. The quantitative estimate of drug-likeness (QED) is 0.410. The number of benzene rings is 1. The molecule has 0 spiro atoms. The van der Waals surface area contributed by atoms with E-state index in [2.05, 4.69) is 16.9 Å². The van der Waals surface area contributed by atoms with E-state index < -0.39 is 11.2 Å². The SMILES string of the molecule is CCCCCCn1c(O)c(C=Nc2cccc(N)c2)c(=O)[nH]c1=O. The van der Waals surface area contributed by atoms with Crippen LogP contribution in [0.2, 0.25) is 0 Å². The van der Waals surface area contributed by atoms with Gasteiger partial charge >= 0.3 is 5.69 Å². The number of H-pyrrole nitrogens is 1. The van der Waals surface area contributed by atoms with Crippen LogP contribution in [0.1, 0.15) is 38.2 Å². The number of hydrogen-bond donors (Lipinski definition) is 3. The normalized spacial score (nSPS) is 11.2. The summed E-state index contributed by atoms with van der Waals surface area (Å²) in [4.78, 5) is 30.2. The predicted molar refractivity (Wildman–Crippen MR) is 95.2 cm³/mol. The highest BCUT2D eigenvalue weighted by molar-refractivity contribution is 5.84. The fourth-order valence-electron chi connectivity index (χ4n) is 2.34. The third-order valence-electron chi connectivity index (χ3n) is 3.66. The first-order valence-corrected chi connectivity index (χ1v) is 7.98. The zero-order valence-corrected chi connectivity index (χ0v) is 13.7. The fraction of sp³-hybridized carbons (Fsp3) is 0.353. The number of nitrogens with two attached hydrogens (primary N) is 1. The van der Waals surface area contributed by atoms with Gasteiger partial charge in [-0.25, -0.2) is 4.79 Å². The monoisotopic (exact) mass is 330 g/mol. The molecule has 0 saturated heterocycles. The molecule has 7 nitrogen and oxygen atoms in total. The average Bonchev–Trinajstić information content (AvgIpc) is 2.53. The maximum atomic E-state index is 11.9. The van der Waals surface area contributed by atoms with Crippen LogP contribution in [0.25, 0.3) is 0 Å². The zero-order chi connectivity index (χ0) is 17.5. The molecule has 2 rings (SSSR count). The lowest BCUT2D eigenvalue weighted by Gasteiger charge is -2.09. The molecular weight excluding hydrogens is 308 g/mol. The predicted octanol–water partition coefficient (Wildman–Crippen LogP) is 2.16. The minimum Gasteiger partial charge on any atom is -0.494 e. The second-order valence-corrected chi connectivity index (χ2v) is 5.56. The van der Waals surface area contributed by atoms with Gasteiger partial charge in [-0.3, -0.25) is 19.3 Å². The number of aromatic amines is 1. The summed E-state index contributed by atoms with van der Waals surface area (Å²) in [6.07, 6.45) is 5.07. The number of hydrogen-bond acceptors (Lipinski definition) is 5. The summed E-state index contributed by atoms with van der Waals surface area (Å²) < 4.78 is 1.16. The summed E-state index contributed by atoms with van der Waals surface area (Å²) >= 11 is 0. The standard InChI is InChI=1S/C17H22N4O3/c1-2-3-4-5-9-21-16(23)14(15(22)20-17(21)24)11-19-13-8-6-7-12(18)10-13/h6-8,10-11,23H,2-5,9,18H2,1H3,(H,20,22,24). The Morgan fingerprint density at radius 1 is 1.29 bits per heavy atom. The minimum absolute atomic E-state index is 0.0486. The molecule has 1 aromatic carbocycles. The molecule has 0 atom stereocenters. The first-order valence-electron chi connectivity index (χ1n) is 7.98. The molecular formula is C17H22N4O3. The fourth-order valence-corrected chi connectivity index (χ4v) is 2.34. The molecule has 0 amide bonds. The number of nitrogen functional groups attached to an aromatic ring is 1. The molecule has 0 aliphatic heterocycles. The lowest BCUT2D eigenvalue weighted by Crippen LogP contribution is -2.32. The van der Waals surface area contributed by atoms with Gasteiger partial charge in [0.05, 0.1) is 5.69 Å². The van der Waals surface area contributed by atoms with Crippen LogP contribution in [0.15, 0.2) is 38.8 Å². The largest absolute Gasteiger partial charge is 0.494 e. The van der Waals surface area contributed by atoms with Gasteiger partial charge in [-0.05, 0) is 24.6 Å². The van der Waals surface area contributed by atoms with Crippen LogP contribution in [0, 0.1) is 0 Å². The number of aromatic nitrogens is 2. The minimum atomic E-state index is -0.671. The smallest absolute Gasteiger partial charge is 0.331 e. The van der Waals surface area contributed by atoms with Crippen molar-refractivity contribution in [2.75, 3.05) is 5.73 Å². The molecule has 0 unspecified atom stereocenters. The van der Waals surface area contributed by atoms with Gasteiger partial charge in [-0.1, -0.05) is 32.3 Å². The van der Waals surface area contributed by atoms with E-state index in [0.717, 1.165) is 30.3 Å². The summed E-state index contributed by atoms with van der Waals surface area (Å²) in [5.41, 5.74) is 5.43. The Morgan fingerprint density at radius 3 is 2.79 bits per heavy atom. The van der Waals surface area contributed by atoms with E-state index in [-0.39, 0.29) is 11.4 Å². The molecule has 1 heterocycles. The molecule has 0 fully saturated rings. The molecule has 4 N–H and O–H groups in total. The molecule has 0 radical (unpaired) electrons. The van der Waals surface area contributed by atoms with Gasteiger partial charge in [0.2, 0.25) is 5.88 Å². The van der Waals surface area contributed by atoms with Crippen LogP contribution < -0.4 is 17.0 Å². The second-order valence-electron chi connectivity index (χ2n) is 5.56. The number of nitrogens with one attached hydrogen (secondary N) is 1. The van der Waals surface area contributed by atoms with Gasteiger partial charge in [0.15, 0.2) is 0 Å². The van der Waals surface area contributed by atoms with Crippen LogP contribution in [-0.4, -0.2) is 20.9 Å². The van der Waals surface area contributed by atoms with Gasteiger partial charge in [0, 0.05) is 18.4 Å². The Balaban J connectivity index is 2.29. The summed E-state index contributed by atoms with van der Waals surface area (Å²) in [6.45, 7) is 2.44. The molecule has 0 saturated carbocycles. The van der Waals surface area contributed by atoms with Crippen LogP contribution in [0.3, 0.4) is 0 Å². The van der Waals surface area contributed by atoms with Crippen molar-refractivity contribution in [1.29, 1.82) is 0 Å². The van der Waals surface area contributed by atoms with E-state index >= 15 is 0 Å². The second kappa shape index (κ2) is 8.14. The molecule has 2 aromatic rings. The van der Waals surface area contributed by atoms with Gasteiger partial charge < -0.3 is 10.8 Å². The Labute approximate surface area is 139 Å². The Bertz CT molecular complexity index is 836. The highest BCUT2D eigenvalue weighted by Crippen LogP contribution is 2.16. The molecule has 0 aliphatic rings. The van der Waals surface area contributed by atoms with E-state index in [1.54, 1.807) is 24.3 Å². The van der Waals surface area contributed by atoms with Crippen LogP contribution in [0.4, 0.5) is 11.4 Å². The average molecular weight is 330 g/mol. The van der Waals surface area contributed by atoms with E-state index in [4.69, 9.17) is 5.73 Å². The van der Waals surface area contributed by atoms with Gasteiger partial charge in [0.25, 0.3) is 5.56 Å². The number of nitrogens with zero attached hydrogens (tertiary/aromatic N) is 2. The van der Waals surface area contributed by atoms with Crippen molar-refractivity contribution in [3.8, 4) is 5.88 Å². The molecule has 7 heteroatoms. The highest BCUT2D eigenvalue weighted by atomic mass is 16.3. The summed E-state index contributed by atoms with van der Waals surface area (Å²) in [6, 6.07) is 6.82. The Morgan fingerprint density at radius 2 is 2.08 bits per heavy atom. The maximum absolute atomic E-state index is 11.9. The maximum Gasteiger partial charge on any atom is 0.331 e. The number of aliphatic imine (C=N–C) groups is 1. The van der Waals surface area contributed by atoms with E-state index in [9.17, 15) is 14.7 Å². The van der Waals surface area contributed by atoms with E-state index in [1.165, 1.54) is 6.21 Å². The third kappa shape index (κ3) is 4.34. The third-order valence-corrected chi connectivity index (χ3v) is 3.66. The lowest BCUT2D eigenvalue weighted by molar-refractivity contribution is 0.392. The summed E-state index contributed by atoms with van der Waals surface area (Å²) in [7, 11) is 0. The van der Waals surface area contributed by atoms with E-state index in [1.807, 2.05) is 0 Å². The van der Waals surface area contributed by atoms with Crippen LogP contribution >= 0.6 is 0 Å². The number of anilines is 1. The zero-order valence-electron chi connectivity index (χ0n) is 13.7. The molecule has 0 aliphatic carbocycles. The topological polar surface area (TPSA) is 113 Å². The Hall–Kier alpha value is -2.83. The van der Waals surface area contributed by atoms with Crippen molar-refractivity contribution in [2.45, 2.75) is 39.2 Å². The lowest BCUT2D eigenvalue weighted by atomic mass is 10.2. The molecule has 128 valence electrons. The summed E-state index contributed by atoms with van der Waals surface area (Å²) in [5.74, 6) is -0.368. The first-order chi connectivity index (χ1) is 11.5. The van der Waals surface area contributed by atoms with Crippen molar-refractivity contribution in [3.63, 3.8) is 0 Å². The molecule has 24 heavy (non-hydrogen) atoms. The van der Waals surface area contributed by atoms with Gasteiger partial charge in [-0.15, -0.1) is 0 Å². The van der Waals surface area contributed by atoms with Crippen molar-refractivity contribution in [2.24, 2.45) is 4.99 Å². The molecule has 0 bridgehead atoms. The van der Waals surface area contributed by atoms with Crippen molar-refractivity contribution >= 4 is 17.6 Å². The van der Waals surface area contributed by atoms with Crippen molar-refractivity contribution < 1.29 is 5.11 Å². The number of aromatic hydroxyl groups is 1. The van der Waals surface area contributed by atoms with Crippen LogP contribution in [0.5, 0.6) is 5.88 Å². The van der Waals surface area contributed by atoms with Gasteiger partial charge in [-0.2, -0.15) is 0 Å². The number of rotatable bonds is 7. The molecule has 1 aromatic heterocycles. The van der Waals surface area contributed by atoms with Crippen molar-refractivity contribution in [1.82, 2.24) is 9.55 Å². The van der Waals surface area contributed by atoms with E-state index in [0.29, 0.717) is 17.9 Å². The van der Waals surface area contributed by atoms with Gasteiger partial charge in [0.1, 0.15) is 5.56 Å². The van der Waals surface area contributed by atoms with Crippen LogP contribution in [-0.2, 0) is 6.54 Å². The van der Waals surface area contributed by atoms with Crippen molar-refractivity contribution in [3.05, 3.63) is 50.7 Å². The first kappa shape index (κ1) is 17.5. The Kier molecular flexibility index (Phi) is 5.95. The highest BCUT2D eigenvalue weighted by Gasteiger charge is 2.12. The summed E-state index contributed by atoms with van der Waals surface area (Å²) in [5, 5.41) is 10.3.